The molecule has 49 heavy (non-hydrogen) atoms. The van der Waals surface area contributed by atoms with Gasteiger partial charge in [-0.1, -0.05) is 45.4 Å². The van der Waals surface area contributed by atoms with Crippen LogP contribution in [0.3, 0.4) is 0 Å². The van der Waals surface area contributed by atoms with E-state index in [9.17, 15) is 9.90 Å². The van der Waals surface area contributed by atoms with E-state index < -0.39 is 11.5 Å². The molecule has 3 aliphatic carbocycles. The van der Waals surface area contributed by atoms with Gasteiger partial charge < -0.3 is 24.6 Å². The summed E-state index contributed by atoms with van der Waals surface area (Å²) in [6.45, 7) is 10.9. The molecular weight excluding hydrogens is 636 g/mol. The number of benzene rings is 2. The maximum atomic E-state index is 13.0. The molecule has 262 valence electrons. The zero-order valence-corrected chi connectivity index (χ0v) is 30.2. The molecule has 7 nitrogen and oxygen atoms in total. The van der Waals surface area contributed by atoms with Crippen molar-refractivity contribution < 1.29 is 24.1 Å². The van der Waals surface area contributed by atoms with E-state index in [0.717, 1.165) is 55.0 Å². The van der Waals surface area contributed by atoms with Gasteiger partial charge in [0.15, 0.2) is 11.5 Å². The Hall–Kier alpha value is -3.45. The molecular formula is C41H51ClN2O5. The van der Waals surface area contributed by atoms with Crippen molar-refractivity contribution in [1.82, 2.24) is 4.98 Å². The normalized spacial score (nSPS) is 28.0. The van der Waals surface area contributed by atoms with E-state index in [1.54, 1.807) is 0 Å². The molecule has 1 fully saturated rings. The second-order valence-electron chi connectivity index (χ2n) is 15.8. The predicted molar refractivity (Wildman–Crippen MR) is 193 cm³/mol. The molecule has 1 saturated carbocycles. The maximum Gasteiger partial charge on any atom is 0.329 e. The molecule has 4 atom stereocenters. The number of anilines is 1. The molecule has 4 aliphatic rings. The molecule has 2 unspecified atom stereocenters. The summed E-state index contributed by atoms with van der Waals surface area (Å²) in [5, 5.41) is 14.6. The van der Waals surface area contributed by atoms with E-state index in [0.29, 0.717) is 67.3 Å². The Morgan fingerprint density at radius 2 is 1.84 bits per heavy atom. The second kappa shape index (κ2) is 13.7. The Morgan fingerprint density at radius 3 is 2.55 bits per heavy atom. The van der Waals surface area contributed by atoms with Gasteiger partial charge in [0.25, 0.3) is 0 Å². The number of fused-ring (bicyclic) bond motifs is 4. The SMILES string of the molecule is CC(C)C1COc2cc3c(cc2OC1)C1(CCC(Nc2cccc(Cl)c2)(C(=O)O)CC1)C(C[C@@H](C)COc1ccnc2c1[C@H](C)CCC2)C3. The van der Waals surface area contributed by atoms with Crippen LogP contribution in [0.25, 0.3) is 0 Å². The van der Waals surface area contributed by atoms with Gasteiger partial charge >= 0.3 is 5.97 Å². The molecule has 3 aromatic rings. The Morgan fingerprint density at radius 1 is 1.08 bits per heavy atom. The van der Waals surface area contributed by atoms with E-state index in [1.165, 1.54) is 35.2 Å². The number of hydrogen-bond acceptors (Lipinski definition) is 6. The fourth-order valence-corrected chi connectivity index (χ4v) is 9.36. The smallest absolute Gasteiger partial charge is 0.329 e. The lowest BCUT2D eigenvalue weighted by molar-refractivity contribution is -0.144. The Labute approximate surface area is 296 Å². The molecule has 1 aromatic heterocycles. The van der Waals surface area contributed by atoms with Crippen LogP contribution in [-0.2, 0) is 23.1 Å². The molecule has 0 bridgehead atoms. The lowest BCUT2D eigenvalue weighted by Gasteiger charge is -2.47. The minimum absolute atomic E-state index is 0.162. The van der Waals surface area contributed by atoms with Gasteiger partial charge in [0.2, 0.25) is 0 Å². The highest BCUT2D eigenvalue weighted by Gasteiger charge is 2.54. The summed E-state index contributed by atoms with van der Waals surface area (Å²) >= 11 is 6.29. The second-order valence-corrected chi connectivity index (χ2v) is 16.2. The lowest BCUT2D eigenvalue weighted by atomic mass is 9.59. The first-order valence-electron chi connectivity index (χ1n) is 18.4. The zero-order chi connectivity index (χ0) is 34.3. The van der Waals surface area contributed by atoms with E-state index in [-0.39, 0.29) is 5.41 Å². The van der Waals surface area contributed by atoms with Crippen LogP contribution in [0.1, 0.15) is 101 Å². The number of pyridine rings is 1. The number of hydrogen-bond donors (Lipinski definition) is 2. The lowest BCUT2D eigenvalue weighted by Crippen LogP contribution is -2.53. The van der Waals surface area contributed by atoms with Crippen molar-refractivity contribution in [3.8, 4) is 17.2 Å². The van der Waals surface area contributed by atoms with Crippen LogP contribution < -0.4 is 19.5 Å². The number of ether oxygens (including phenoxy) is 3. The van der Waals surface area contributed by atoms with Crippen LogP contribution in [0.15, 0.2) is 48.7 Å². The van der Waals surface area contributed by atoms with E-state index in [1.807, 2.05) is 36.5 Å². The number of aliphatic carboxylic acids is 1. The van der Waals surface area contributed by atoms with Crippen molar-refractivity contribution in [2.24, 2.45) is 23.7 Å². The van der Waals surface area contributed by atoms with Crippen molar-refractivity contribution in [3.05, 3.63) is 76.1 Å². The quantitative estimate of drug-likeness (QED) is 0.232. The van der Waals surface area contributed by atoms with Crippen LogP contribution in [-0.4, -0.2) is 41.4 Å². The van der Waals surface area contributed by atoms with Gasteiger partial charge in [0.05, 0.1) is 19.8 Å². The van der Waals surface area contributed by atoms with Crippen molar-refractivity contribution in [3.63, 3.8) is 0 Å². The van der Waals surface area contributed by atoms with Gasteiger partial charge in [0.1, 0.15) is 11.3 Å². The third kappa shape index (κ3) is 6.60. The van der Waals surface area contributed by atoms with Crippen molar-refractivity contribution >= 4 is 23.3 Å². The summed E-state index contributed by atoms with van der Waals surface area (Å²) in [7, 11) is 0. The number of carbonyl (C=O) groups is 1. The number of halogens is 1. The topological polar surface area (TPSA) is 89.9 Å². The summed E-state index contributed by atoms with van der Waals surface area (Å²) in [4.78, 5) is 17.7. The van der Waals surface area contributed by atoms with Crippen LogP contribution in [0.2, 0.25) is 5.02 Å². The highest BCUT2D eigenvalue weighted by Crippen LogP contribution is 2.58. The number of rotatable bonds is 9. The van der Waals surface area contributed by atoms with Crippen LogP contribution in [0.5, 0.6) is 17.2 Å². The zero-order valence-electron chi connectivity index (χ0n) is 29.4. The average Bonchev–Trinajstić information content (AvgIpc) is 3.20. The average molecular weight is 687 g/mol. The molecule has 7 rings (SSSR count). The molecule has 0 radical (unpaired) electrons. The van der Waals surface area contributed by atoms with Gasteiger partial charge in [-0.05, 0) is 134 Å². The summed E-state index contributed by atoms with van der Waals surface area (Å²) in [5.74, 6) is 3.76. The molecule has 2 heterocycles. The molecule has 2 N–H and O–H groups in total. The Kier molecular flexibility index (Phi) is 9.51. The number of nitrogens with zero attached hydrogens (tertiary/aromatic N) is 1. The Bertz CT molecular complexity index is 1680. The monoisotopic (exact) mass is 686 g/mol. The molecule has 0 saturated heterocycles. The minimum Gasteiger partial charge on any atom is -0.493 e. The highest BCUT2D eigenvalue weighted by molar-refractivity contribution is 6.30. The third-order valence-corrected chi connectivity index (χ3v) is 12.4. The summed E-state index contributed by atoms with van der Waals surface area (Å²) in [5.41, 5.74) is 4.62. The molecule has 1 aliphatic heterocycles. The van der Waals surface area contributed by atoms with Crippen molar-refractivity contribution in [1.29, 1.82) is 0 Å². The molecule has 1 spiro atoms. The standard InChI is InChI=1S/C41H51ClN2O5/c1-25(2)29-23-48-36-19-28-18-30(17-26(3)22-47-35-11-16-43-34-10-5-7-27(4)38(34)35)40(33(28)21-37(36)49-24-29)12-14-41(15-13-40,39(45)46)44-32-9-6-8-31(42)20-32/h6,8-9,11,16,19-21,25-27,29-30,44H,5,7,10,12-15,17-18,22-24H2,1-4H3,(H,45,46)/t26-,27-,29?,30?,40?,41?/m1/s1. The fraction of sp³-hybridized carbons (Fsp3) is 0.561. The van der Waals surface area contributed by atoms with Crippen LogP contribution in [0.4, 0.5) is 5.69 Å². The third-order valence-electron chi connectivity index (χ3n) is 12.2. The van der Waals surface area contributed by atoms with E-state index >= 15 is 0 Å². The van der Waals surface area contributed by atoms with E-state index in [2.05, 4.69) is 50.1 Å². The first kappa shape index (κ1) is 34.0. The number of aromatic nitrogens is 1. The van der Waals surface area contributed by atoms with Gasteiger partial charge in [0, 0.05) is 34.1 Å². The molecule has 2 aromatic carbocycles. The number of aryl methyl sites for hydroxylation is 1. The first-order chi connectivity index (χ1) is 23.6. The van der Waals surface area contributed by atoms with Gasteiger partial charge in [-0.25, -0.2) is 4.79 Å². The van der Waals surface area contributed by atoms with Crippen molar-refractivity contribution in [2.45, 2.75) is 102 Å². The number of nitrogens with one attached hydrogen (secondary N) is 1. The highest BCUT2D eigenvalue weighted by atomic mass is 35.5. The summed E-state index contributed by atoms with van der Waals surface area (Å²) < 4.78 is 19.4. The van der Waals surface area contributed by atoms with Crippen molar-refractivity contribution in [2.75, 3.05) is 25.1 Å². The minimum atomic E-state index is -1.06. The van der Waals surface area contributed by atoms with Gasteiger partial charge in [-0.15, -0.1) is 0 Å². The molecule has 8 heteroatoms. The van der Waals surface area contributed by atoms with Crippen LogP contribution >= 0.6 is 11.6 Å². The predicted octanol–water partition coefficient (Wildman–Crippen LogP) is 9.24. The summed E-state index contributed by atoms with van der Waals surface area (Å²) in [6.07, 6.45) is 9.76. The number of carboxylic acid groups (broad SMARTS) is 1. The number of carboxylic acids is 1. The van der Waals surface area contributed by atoms with Gasteiger partial charge in [-0.2, -0.15) is 0 Å². The largest absolute Gasteiger partial charge is 0.493 e. The van der Waals surface area contributed by atoms with E-state index in [4.69, 9.17) is 25.8 Å². The fourth-order valence-electron chi connectivity index (χ4n) is 9.17. The Balaban J connectivity index is 1.15. The summed E-state index contributed by atoms with van der Waals surface area (Å²) in [6, 6.07) is 13.9. The van der Waals surface area contributed by atoms with Crippen LogP contribution in [0, 0.1) is 23.7 Å². The maximum absolute atomic E-state index is 13.0. The molecule has 0 amide bonds. The van der Waals surface area contributed by atoms with Gasteiger partial charge in [-0.3, -0.25) is 4.98 Å². The first-order valence-corrected chi connectivity index (χ1v) is 18.8.